The lowest BCUT2D eigenvalue weighted by Gasteiger charge is -2.19. The van der Waals surface area contributed by atoms with Crippen molar-refractivity contribution in [3.05, 3.63) is 24.3 Å². The van der Waals surface area contributed by atoms with E-state index in [1.807, 2.05) is 0 Å². The second-order valence-corrected chi connectivity index (χ2v) is 10.8. The van der Waals surface area contributed by atoms with Crippen LogP contribution in [0.25, 0.3) is 0 Å². The first kappa shape index (κ1) is 27.9. The van der Waals surface area contributed by atoms with Gasteiger partial charge in [0, 0.05) is 5.57 Å². The van der Waals surface area contributed by atoms with Gasteiger partial charge in [-0.1, -0.05) is 44.4 Å². The Hall–Kier alpha value is -2.67. The number of esters is 2. The topological polar surface area (TPSA) is 133 Å². The fourth-order valence-electron chi connectivity index (χ4n) is 4.64. The molecule has 2 aliphatic carbocycles. The molecule has 0 aromatic rings. The van der Waals surface area contributed by atoms with E-state index < -0.39 is 57.6 Å². The van der Waals surface area contributed by atoms with Crippen LogP contribution in [0.4, 0.5) is 8.78 Å². The number of fused-ring (bicyclic) bond motifs is 5. The molecule has 4 unspecified atom stereocenters. The molecule has 200 valence electrons. The quantitative estimate of drug-likeness (QED) is 0.109. The van der Waals surface area contributed by atoms with Gasteiger partial charge in [0.05, 0.1) is 25.0 Å². The summed E-state index contributed by atoms with van der Waals surface area (Å²) in [5, 5.41) is -5.26. The highest BCUT2D eigenvalue weighted by molar-refractivity contribution is 7.88. The van der Waals surface area contributed by atoms with E-state index in [1.54, 1.807) is 19.1 Å². The molecule has 2 bridgehead atoms. The van der Waals surface area contributed by atoms with E-state index >= 15 is 0 Å². The van der Waals surface area contributed by atoms with Crippen LogP contribution in [-0.4, -0.2) is 55.7 Å². The molecule has 0 radical (unpaired) electrons. The summed E-state index contributed by atoms with van der Waals surface area (Å²) in [5.74, 6) is -7.08. The van der Waals surface area contributed by atoms with Crippen molar-refractivity contribution in [2.45, 2.75) is 57.1 Å². The molecular weight excluding hydrogens is 504 g/mol. The van der Waals surface area contributed by atoms with Gasteiger partial charge >= 0.3 is 27.3 Å². The van der Waals surface area contributed by atoms with Gasteiger partial charge in [-0.3, -0.25) is 9.59 Å². The van der Waals surface area contributed by atoms with Gasteiger partial charge in [0.15, 0.2) is 0 Å². The third-order valence-electron chi connectivity index (χ3n) is 6.51. The molecule has 36 heavy (non-hydrogen) atoms. The fraction of sp³-hybridized carbons (Fsp3) is 0.652. The SMILES string of the molecule is C=C(C)C(=O)OCCCCCCCCOC(=O)C(F)(F)S(=O)(=O)ON1C(=O)C2C3C=CC(C3)C2C1=O. The van der Waals surface area contributed by atoms with Crippen molar-refractivity contribution in [3.63, 3.8) is 0 Å². The minimum Gasteiger partial charge on any atom is -0.462 e. The molecule has 1 aliphatic heterocycles. The largest absolute Gasteiger partial charge is 0.467 e. The van der Waals surface area contributed by atoms with Gasteiger partial charge in [-0.05, 0) is 38.0 Å². The molecule has 1 heterocycles. The standard InChI is InChI=1S/C23H29F2NO9S/c1-14(2)21(29)33-11-7-5-3-4-6-8-12-34-22(30)23(24,25)36(31,32)35-26-19(27)17-15-9-10-16(13-15)18(17)20(26)28/h9-10,15-18H,1,3-8,11-13H2,2H3. The van der Waals surface area contributed by atoms with E-state index in [9.17, 15) is 36.4 Å². The van der Waals surface area contributed by atoms with Gasteiger partial charge in [0.25, 0.3) is 11.8 Å². The molecular formula is C23H29F2NO9S. The Morgan fingerprint density at radius 3 is 1.94 bits per heavy atom. The zero-order valence-electron chi connectivity index (χ0n) is 19.8. The highest BCUT2D eigenvalue weighted by Crippen LogP contribution is 2.52. The van der Waals surface area contributed by atoms with Crippen molar-refractivity contribution in [2.75, 3.05) is 13.2 Å². The predicted octanol–water partition coefficient (Wildman–Crippen LogP) is 2.65. The molecule has 3 aliphatic rings. The smallest absolute Gasteiger partial charge is 0.462 e. The van der Waals surface area contributed by atoms with Crippen molar-refractivity contribution in [1.82, 2.24) is 5.06 Å². The minimum atomic E-state index is -6.01. The first-order chi connectivity index (χ1) is 16.9. The predicted molar refractivity (Wildman–Crippen MR) is 119 cm³/mol. The normalized spacial score (nSPS) is 24.8. The van der Waals surface area contributed by atoms with Crippen molar-refractivity contribution < 1.29 is 50.1 Å². The van der Waals surface area contributed by atoms with Gasteiger partial charge in [-0.25, -0.2) is 9.59 Å². The molecule has 0 spiro atoms. The molecule has 0 aromatic carbocycles. The van der Waals surface area contributed by atoms with E-state index in [0.29, 0.717) is 31.3 Å². The maximum absolute atomic E-state index is 14.3. The number of halogens is 2. The highest BCUT2D eigenvalue weighted by Gasteiger charge is 2.64. The van der Waals surface area contributed by atoms with Gasteiger partial charge in [0.1, 0.15) is 0 Å². The molecule has 0 N–H and O–H groups in total. The van der Waals surface area contributed by atoms with Crippen molar-refractivity contribution in [3.8, 4) is 0 Å². The summed E-state index contributed by atoms with van der Waals surface area (Å²) >= 11 is 0. The van der Waals surface area contributed by atoms with Crippen LogP contribution in [0.15, 0.2) is 24.3 Å². The maximum atomic E-state index is 14.3. The van der Waals surface area contributed by atoms with Gasteiger partial charge in [0.2, 0.25) is 0 Å². The Labute approximate surface area is 207 Å². The molecule has 0 aromatic heterocycles. The van der Waals surface area contributed by atoms with Crippen molar-refractivity contribution >= 4 is 33.9 Å². The van der Waals surface area contributed by atoms with E-state index in [1.165, 1.54) is 0 Å². The molecule has 10 nitrogen and oxygen atoms in total. The number of rotatable bonds is 14. The molecule has 2 fully saturated rings. The molecule has 13 heteroatoms. The lowest BCUT2D eigenvalue weighted by Crippen LogP contribution is -2.45. The Bertz CT molecular complexity index is 1030. The van der Waals surface area contributed by atoms with Crippen molar-refractivity contribution in [2.24, 2.45) is 23.7 Å². The summed E-state index contributed by atoms with van der Waals surface area (Å²) in [6, 6.07) is 0. The van der Waals surface area contributed by atoms with Crippen LogP contribution < -0.4 is 0 Å². The number of allylic oxidation sites excluding steroid dienone is 2. The Kier molecular flexibility index (Phi) is 8.65. The molecule has 2 amide bonds. The van der Waals surface area contributed by atoms with Crippen LogP contribution in [0.2, 0.25) is 0 Å². The number of amides is 2. The second-order valence-electron chi connectivity index (χ2n) is 9.19. The lowest BCUT2D eigenvalue weighted by atomic mass is 9.85. The number of hydrogen-bond donors (Lipinski definition) is 0. The minimum absolute atomic E-state index is 0.155. The van der Waals surface area contributed by atoms with E-state index in [-0.39, 0.29) is 29.9 Å². The number of ether oxygens (including phenoxy) is 2. The summed E-state index contributed by atoms with van der Waals surface area (Å²) in [6.07, 6.45) is 7.67. The summed E-state index contributed by atoms with van der Waals surface area (Å²) in [7, 11) is -6.01. The first-order valence-electron chi connectivity index (χ1n) is 11.8. The summed E-state index contributed by atoms with van der Waals surface area (Å²) in [4.78, 5) is 48.0. The number of carbonyl (C=O) groups excluding carboxylic acids is 4. The Balaban J connectivity index is 1.37. The van der Waals surface area contributed by atoms with Crippen LogP contribution >= 0.6 is 0 Å². The van der Waals surface area contributed by atoms with Crippen LogP contribution in [0.3, 0.4) is 0 Å². The number of alkyl halides is 2. The van der Waals surface area contributed by atoms with Crippen molar-refractivity contribution in [1.29, 1.82) is 0 Å². The molecule has 1 saturated carbocycles. The summed E-state index contributed by atoms with van der Waals surface area (Å²) < 4.78 is 66.4. The van der Waals surface area contributed by atoms with Crippen LogP contribution in [0, 0.1) is 23.7 Å². The van der Waals surface area contributed by atoms with Crippen LogP contribution in [0.1, 0.15) is 51.9 Å². The summed E-state index contributed by atoms with van der Waals surface area (Å²) in [5.41, 5.74) is 0.319. The van der Waals surface area contributed by atoms with Crippen LogP contribution in [0.5, 0.6) is 0 Å². The third-order valence-corrected chi connectivity index (χ3v) is 7.65. The molecule has 1 saturated heterocycles. The van der Waals surface area contributed by atoms with Gasteiger partial charge < -0.3 is 9.47 Å². The molecule has 3 rings (SSSR count). The lowest BCUT2D eigenvalue weighted by molar-refractivity contribution is -0.172. The molecule has 4 atom stereocenters. The van der Waals surface area contributed by atoms with Gasteiger partial charge in [-0.15, -0.1) is 9.35 Å². The second kappa shape index (κ2) is 11.2. The highest BCUT2D eigenvalue weighted by atomic mass is 32.2. The monoisotopic (exact) mass is 533 g/mol. The van der Waals surface area contributed by atoms with E-state index in [2.05, 4.69) is 15.6 Å². The zero-order valence-corrected chi connectivity index (χ0v) is 20.6. The third kappa shape index (κ3) is 5.66. The zero-order chi connectivity index (χ0) is 26.7. The summed E-state index contributed by atoms with van der Waals surface area (Å²) in [6.45, 7) is 4.84. The number of carbonyl (C=O) groups is 4. The number of nitrogens with zero attached hydrogens (tertiary/aromatic N) is 1. The van der Waals surface area contributed by atoms with Crippen LogP contribution in [-0.2, 0) is 43.1 Å². The van der Waals surface area contributed by atoms with E-state index in [4.69, 9.17) is 4.74 Å². The first-order valence-corrected chi connectivity index (χ1v) is 13.2. The average Bonchev–Trinajstić information content (AvgIpc) is 3.49. The number of hydrogen-bond acceptors (Lipinski definition) is 9. The number of imide groups is 1. The Morgan fingerprint density at radius 1 is 0.972 bits per heavy atom. The van der Waals surface area contributed by atoms with Gasteiger partial charge in [-0.2, -0.15) is 17.2 Å². The van der Waals surface area contributed by atoms with E-state index in [0.717, 1.165) is 12.8 Å². The Morgan fingerprint density at radius 2 is 1.44 bits per heavy atom. The number of unbranched alkanes of at least 4 members (excludes halogenated alkanes) is 5. The fourth-order valence-corrected chi connectivity index (χ4v) is 5.34. The number of hydroxylamine groups is 2. The maximum Gasteiger partial charge on any atom is 0.467 e. The average molecular weight is 534 g/mol.